The topological polar surface area (TPSA) is 59.9 Å². The number of nitrogens with zero attached hydrogens (tertiary/aromatic N) is 1. The van der Waals surface area contributed by atoms with Crippen LogP contribution in [0, 0.1) is 0 Å². The van der Waals surface area contributed by atoms with Crippen LogP contribution < -0.4 is 10.1 Å². The van der Waals surface area contributed by atoms with Crippen LogP contribution in [0.4, 0.5) is 14.5 Å². The molecule has 0 saturated heterocycles. The highest BCUT2D eigenvalue weighted by molar-refractivity contribution is 6.24. The number of halogens is 2. The van der Waals surface area contributed by atoms with Gasteiger partial charge in [-0.1, -0.05) is 65.8 Å². The van der Waals surface area contributed by atoms with Crippen LogP contribution in [-0.2, 0) is 9.63 Å². The van der Waals surface area contributed by atoms with Crippen molar-refractivity contribution < 1.29 is 23.1 Å². The summed E-state index contributed by atoms with van der Waals surface area (Å²) in [7, 11) is 0. The lowest BCUT2D eigenvalue weighted by Gasteiger charge is -2.11. The van der Waals surface area contributed by atoms with E-state index >= 15 is 0 Å². The fraction of sp³-hybridized carbons (Fsp3) is 0.0909. The van der Waals surface area contributed by atoms with E-state index in [0.717, 1.165) is 22.3 Å². The summed E-state index contributed by atoms with van der Waals surface area (Å²) in [6.45, 7) is -3.37. The molecule has 0 radical (unpaired) electrons. The fourth-order valence-electron chi connectivity index (χ4n) is 3.20. The molecule has 146 valence electrons. The van der Waals surface area contributed by atoms with Crippen molar-refractivity contribution in [2.75, 3.05) is 11.9 Å². The number of ether oxygens (including phenoxy) is 1. The van der Waals surface area contributed by atoms with Crippen LogP contribution in [0.3, 0.4) is 0 Å². The molecule has 0 atom stereocenters. The molecule has 7 heteroatoms. The quantitative estimate of drug-likeness (QED) is 0.483. The molecule has 1 aliphatic carbocycles. The van der Waals surface area contributed by atoms with Crippen molar-refractivity contribution in [3.8, 4) is 16.9 Å². The molecule has 0 aromatic heterocycles. The third kappa shape index (κ3) is 3.94. The summed E-state index contributed by atoms with van der Waals surface area (Å²) >= 11 is 0. The number of carbonyl (C=O) groups is 1. The van der Waals surface area contributed by atoms with E-state index in [9.17, 15) is 13.6 Å². The van der Waals surface area contributed by atoms with Crippen LogP contribution in [0.15, 0.2) is 78.0 Å². The van der Waals surface area contributed by atoms with Crippen LogP contribution in [0.1, 0.15) is 11.1 Å². The van der Waals surface area contributed by atoms with E-state index in [1.807, 2.05) is 48.5 Å². The minimum absolute atomic E-state index is 0.124. The van der Waals surface area contributed by atoms with Crippen molar-refractivity contribution in [1.82, 2.24) is 0 Å². The lowest BCUT2D eigenvalue weighted by Crippen LogP contribution is -2.18. The van der Waals surface area contributed by atoms with Crippen LogP contribution in [0.25, 0.3) is 11.1 Å². The van der Waals surface area contributed by atoms with E-state index in [1.165, 1.54) is 18.2 Å². The van der Waals surface area contributed by atoms with Crippen molar-refractivity contribution in [2.24, 2.45) is 5.16 Å². The molecule has 5 nitrogen and oxygen atoms in total. The summed E-state index contributed by atoms with van der Waals surface area (Å²) in [4.78, 5) is 17.4. The molecule has 0 fully saturated rings. The number of amides is 1. The summed E-state index contributed by atoms with van der Waals surface area (Å²) in [5.41, 5.74) is 4.71. The average Bonchev–Trinajstić information content (AvgIpc) is 3.03. The minimum atomic E-state index is -2.99. The molecule has 29 heavy (non-hydrogen) atoms. The molecule has 1 amide bonds. The molecule has 0 unspecified atom stereocenters. The van der Waals surface area contributed by atoms with Gasteiger partial charge in [-0.05, 0) is 23.3 Å². The Hall–Kier alpha value is -3.74. The standard InChI is InChI=1S/C22H16F2N2O3/c23-22(24)29-19-12-6-5-11-18(19)25-20(27)13-28-26-21-16-9-3-1-7-14(16)15-8-2-4-10-17(15)21/h1-12,22H,13H2,(H,25,27). The summed E-state index contributed by atoms with van der Waals surface area (Å²) in [5.74, 6) is -0.667. The van der Waals surface area contributed by atoms with Gasteiger partial charge in [-0.3, -0.25) is 4.79 Å². The number of fused-ring (bicyclic) bond motifs is 3. The minimum Gasteiger partial charge on any atom is -0.433 e. The van der Waals surface area contributed by atoms with E-state index in [0.29, 0.717) is 5.71 Å². The predicted octanol–water partition coefficient (Wildman–Crippen LogP) is 4.68. The molecule has 0 spiro atoms. The Morgan fingerprint density at radius 3 is 2.03 bits per heavy atom. The van der Waals surface area contributed by atoms with Crippen molar-refractivity contribution in [2.45, 2.75) is 6.61 Å². The number of rotatable bonds is 6. The van der Waals surface area contributed by atoms with Crippen molar-refractivity contribution in [3.05, 3.63) is 83.9 Å². The number of oxime groups is 1. The van der Waals surface area contributed by atoms with Crippen LogP contribution >= 0.6 is 0 Å². The zero-order chi connectivity index (χ0) is 20.2. The van der Waals surface area contributed by atoms with Crippen molar-refractivity contribution in [3.63, 3.8) is 0 Å². The number of benzene rings is 3. The lowest BCUT2D eigenvalue weighted by atomic mass is 10.1. The molecule has 4 rings (SSSR count). The summed E-state index contributed by atoms with van der Waals surface area (Å²) in [6.07, 6.45) is 0. The van der Waals surface area contributed by atoms with Gasteiger partial charge in [0.1, 0.15) is 11.5 Å². The number of para-hydroxylation sites is 2. The molecule has 0 aliphatic heterocycles. The molecule has 1 aliphatic rings. The molecule has 0 saturated carbocycles. The van der Waals surface area contributed by atoms with Crippen LogP contribution in [0.5, 0.6) is 5.75 Å². The highest BCUT2D eigenvalue weighted by atomic mass is 19.3. The number of nitrogens with one attached hydrogen (secondary N) is 1. The first-order valence-electron chi connectivity index (χ1n) is 8.86. The molecule has 0 bridgehead atoms. The smallest absolute Gasteiger partial charge is 0.387 e. The summed E-state index contributed by atoms with van der Waals surface area (Å²) in [6, 6.07) is 21.5. The van der Waals surface area contributed by atoms with Crippen LogP contribution in [0.2, 0.25) is 0 Å². The third-order valence-electron chi connectivity index (χ3n) is 4.38. The fourth-order valence-corrected chi connectivity index (χ4v) is 3.20. The first-order valence-corrected chi connectivity index (χ1v) is 8.86. The van der Waals surface area contributed by atoms with E-state index in [-0.39, 0.29) is 18.0 Å². The number of hydrogen-bond acceptors (Lipinski definition) is 4. The molecular weight excluding hydrogens is 378 g/mol. The monoisotopic (exact) mass is 394 g/mol. The van der Waals surface area contributed by atoms with Gasteiger partial charge >= 0.3 is 6.61 Å². The normalized spacial score (nSPS) is 11.6. The highest BCUT2D eigenvalue weighted by Crippen LogP contribution is 2.36. The van der Waals surface area contributed by atoms with Gasteiger partial charge in [0.2, 0.25) is 0 Å². The van der Waals surface area contributed by atoms with E-state index < -0.39 is 12.5 Å². The van der Waals surface area contributed by atoms with Crippen molar-refractivity contribution in [1.29, 1.82) is 0 Å². The lowest BCUT2D eigenvalue weighted by molar-refractivity contribution is -0.120. The Labute approximate surface area is 165 Å². The zero-order valence-electron chi connectivity index (χ0n) is 15.1. The highest BCUT2D eigenvalue weighted by Gasteiger charge is 2.24. The second-order valence-corrected chi connectivity index (χ2v) is 6.23. The number of alkyl halides is 2. The number of anilines is 1. The van der Waals surface area contributed by atoms with Gasteiger partial charge in [-0.2, -0.15) is 8.78 Å². The Balaban J connectivity index is 1.47. The maximum Gasteiger partial charge on any atom is 0.387 e. The van der Waals surface area contributed by atoms with Gasteiger partial charge in [0.05, 0.1) is 5.69 Å². The van der Waals surface area contributed by atoms with E-state index in [2.05, 4.69) is 15.2 Å². The molecule has 3 aromatic carbocycles. The molecule has 1 N–H and O–H groups in total. The Kier molecular flexibility index (Phi) is 5.20. The number of hydrogen-bond donors (Lipinski definition) is 1. The molecular formula is C22H16F2N2O3. The Bertz CT molecular complexity index is 1040. The van der Waals surface area contributed by atoms with Crippen molar-refractivity contribution >= 4 is 17.3 Å². The SMILES string of the molecule is O=C(CON=C1c2ccccc2-c2ccccc21)Nc1ccccc1OC(F)F. The largest absolute Gasteiger partial charge is 0.433 e. The van der Waals surface area contributed by atoms with Gasteiger partial charge in [-0.15, -0.1) is 0 Å². The maximum atomic E-state index is 12.5. The van der Waals surface area contributed by atoms with Gasteiger partial charge in [0.15, 0.2) is 6.61 Å². The average molecular weight is 394 g/mol. The van der Waals surface area contributed by atoms with Gasteiger partial charge in [0, 0.05) is 11.1 Å². The second-order valence-electron chi connectivity index (χ2n) is 6.23. The summed E-state index contributed by atoms with van der Waals surface area (Å²) in [5, 5.41) is 6.65. The van der Waals surface area contributed by atoms with Gasteiger partial charge in [-0.25, -0.2) is 0 Å². The van der Waals surface area contributed by atoms with Gasteiger partial charge < -0.3 is 14.9 Å². The Morgan fingerprint density at radius 1 is 0.862 bits per heavy atom. The van der Waals surface area contributed by atoms with Gasteiger partial charge in [0.25, 0.3) is 5.91 Å². The second kappa shape index (κ2) is 8.10. The first kappa shape index (κ1) is 18.6. The van der Waals surface area contributed by atoms with E-state index in [1.54, 1.807) is 6.07 Å². The van der Waals surface area contributed by atoms with E-state index in [4.69, 9.17) is 4.84 Å². The zero-order valence-corrected chi connectivity index (χ0v) is 15.1. The Morgan fingerprint density at radius 2 is 1.41 bits per heavy atom. The molecule has 0 heterocycles. The van der Waals surface area contributed by atoms with Crippen LogP contribution in [-0.4, -0.2) is 24.8 Å². The third-order valence-corrected chi connectivity index (χ3v) is 4.38. The summed E-state index contributed by atoms with van der Waals surface area (Å²) < 4.78 is 29.4. The first-order chi connectivity index (χ1) is 14.1. The maximum absolute atomic E-state index is 12.5. The number of carbonyl (C=O) groups excluding carboxylic acids is 1. The predicted molar refractivity (Wildman–Crippen MR) is 105 cm³/mol. The molecule has 3 aromatic rings.